The van der Waals surface area contributed by atoms with E-state index >= 15 is 0 Å². The molecule has 0 aliphatic rings. The number of aryl methyl sites for hydroxylation is 2. The summed E-state index contributed by atoms with van der Waals surface area (Å²) in [7, 11) is 0. The van der Waals surface area contributed by atoms with Crippen molar-refractivity contribution >= 4 is 6.21 Å². The van der Waals surface area contributed by atoms with Gasteiger partial charge >= 0.3 is 0 Å². The van der Waals surface area contributed by atoms with Gasteiger partial charge < -0.3 is 10.7 Å². The molecule has 2 aromatic carbocycles. The monoisotopic (exact) mass is 266 g/mol. The lowest BCUT2D eigenvalue weighted by atomic mass is 10.0. The second kappa shape index (κ2) is 7.61. The van der Waals surface area contributed by atoms with Crippen molar-refractivity contribution in [1.82, 2.24) is 5.32 Å². The average Bonchev–Trinajstić information content (AvgIpc) is 2.49. The van der Waals surface area contributed by atoms with Crippen molar-refractivity contribution in [3.8, 4) is 0 Å². The molecule has 0 amide bonds. The molecule has 2 heteroatoms. The van der Waals surface area contributed by atoms with Crippen LogP contribution in [-0.2, 0) is 13.0 Å². The van der Waals surface area contributed by atoms with E-state index in [0.717, 1.165) is 31.5 Å². The Morgan fingerprint density at radius 2 is 1.70 bits per heavy atom. The van der Waals surface area contributed by atoms with E-state index < -0.39 is 0 Å². The minimum Gasteiger partial charge on any atom is -0.313 e. The Hall–Kier alpha value is -1.93. The zero-order valence-corrected chi connectivity index (χ0v) is 12.0. The first-order valence-corrected chi connectivity index (χ1v) is 7.15. The van der Waals surface area contributed by atoms with Crippen LogP contribution in [0.4, 0.5) is 0 Å². The summed E-state index contributed by atoms with van der Waals surface area (Å²) >= 11 is 0. The molecule has 0 fully saturated rings. The fourth-order valence-corrected chi connectivity index (χ4v) is 2.34. The summed E-state index contributed by atoms with van der Waals surface area (Å²) in [6.45, 7) is 4.08. The summed E-state index contributed by atoms with van der Waals surface area (Å²) in [6.07, 6.45) is 3.55. The molecule has 0 unspecified atom stereocenters. The van der Waals surface area contributed by atoms with Gasteiger partial charge in [0.05, 0.1) is 0 Å². The Kier molecular flexibility index (Phi) is 5.51. The normalized spacial score (nSPS) is 10.4. The second-order valence-electron chi connectivity index (χ2n) is 5.05. The molecule has 0 saturated heterocycles. The zero-order valence-electron chi connectivity index (χ0n) is 12.0. The third-order valence-electron chi connectivity index (χ3n) is 3.59. The van der Waals surface area contributed by atoms with E-state index in [2.05, 4.69) is 42.6 Å². The maximum Gasteiger partial charge on any atom is 0.0253 e. The van der Waals surface area contributed by atoms with Gasteiger partial charge in [0.1, 0.15) is 0 Å². The van der Waals surface area contributed by atoms with E-state index in [1.165, 1.54) is 22.9 Å². The van der Waals surface area contributed by atoms with Gasteiger partial charge in [-0.3, -0.25) is 0 Å². The average molecular weight is 266 g/mol. The van der Waals surface area contributed by atoms with E-state index in [4.69, 9.17) is 5.41 Å². The van der Waals surface area contributed by atoms with Gasteiger partial charge in [-0.05, 0) is 48.6 Å². The van der Waals surface area contributed by atoms with E-state index in [-0.39, 0.29) is 0 Å². The lowest BCUT2D eigenvalue weighted by molar-refractivity contribution is 0.647. The first-order valence-electron chi connectivity index (χ1n) is 7.15. The Labute approximate surface area is 121 Å². The van der Waals surface area contributed by atoms with Crippen LogP contribution in [0.2, 0.25) is 0 Å². The molecule has 0 spiro atoms. The van der Waals surface area contributed by atoms with E-state index in [0.29, 0.717) is 0 Å². The lowest BCUT2D eigenvalue weighted by Gasteiger charge is -2.08. The van der Waals surface area contributed by atoms with Crippen LogP contribution in [0, 0.1) is 12.3 Å². The summed E-state index contributed by atoms with van der Waals surface area (Å²) in [5.41, 5.74) is 5.01. The molecule has 0 saturated carbocycles. The van der Waals surface area contributed by atoms with Gasteiger partial charge in [-0.2, -0.15) is 0 Å². The smallest absolute Gasteiger partial charge is 0.0253 e. The van der Waals surface area contributed by atoms with E-state index in [1.807, 2.05) is 18.2 Å². The van der Waals surface area contributed by atoms with Crippen molar-refractivity contribution in [1.29, 1.82) is 5.41 Å². The van der Waals surface area contributed by atoms with Crippen LogP contribution in [-0.4, -0.2) is 12.8 Å². The first kappa shape index (κ1) is 14.5. The Morgan fingerprint density at radius 3 is 2.45 bits per heavy atom. The highest BCUT2D eigenvalue weighted by Gasteiger charge is 1.99. The standard InChI is InChI=1S/C18H22N2/c1-15-7-2-3-10-18(15)14-20-12-6-11-16-8-4-5-9-17(16)13-19/h2-5,7-10,13,19-20H,6,11-12,14H2,1H3. The molecule has 0 radical (unpaired) electrons. The van der Waals surface area contributed by atoms with Crippen LogP contribution in [0.1, 0.15) is 28.7 Å². The van der Waals surface area contributed by atoms with Crippen molar-refractivity contribution in [3.63, 3.8) is 0 Å². The fraction of sp³-hybridized carbons (Fsp3) is 0.278. The summed E-state index contributed by atoms with van der Waals surface area (Å²) in [5.74, 6) is 0. The molecule has 2 aromatic rings. The third-order valence-corrected chi connectivity index (χ3v) is 3.59. The molecule has 0 atom stereocenters. The number of rotatable bonds is 7. The molecule has 104 valence electrons. The van der Waals surface area contributed by atoms with E-state index in [1.54, 1.807) is 0 Å². The molecule has 2 rings (SSSR count). The highest BCUT2D eigenvalue weighted by atomic mass is 14.8. The minimum atomic E-state index is 0.929. The molecular formula is C18H22N2. The predicted molar refractivity (Wildman–Crippen MR) is 85.5 cm³/mol. The molecule has 0 bridgehead atoms. The first-order chi connectivity index (χ1) is 9.81. The molecule has 0 heterocycles. The van der Waals surface area contributed by atoms with Crippen molar-refractivity contribution < 1.29 is 0 Å². The minimum absolute atomic E-state index is 0.929. The van der Waals surface area contributed by atoms with Crippen LogP contribution < -0.4 is 5.32 Å². The summed E-state index contributed by atoms with van der Waals surface area (Å²) in [5, 5.41) is 10.9. The predicted octanol–water partition coefficient (Wildman–Crippen LogP) is 3.72. The highest BCUT2D eigenvalue weighted by Crippen LogP contribution is 2.09. The van der Waals surface area contributed by atoms with Gasteiger partial charge in [-0.1, -0.05) is 48.5 Å². The zero-order chi connectivity index (χ0) is 14.2. The van der Waals surface area contributed by atoms with Gasteiger partial charge in [0.15, 0.2) is 0 Å². The quantitative estimate of drug-likeness (QED) is 0.581. The third kappa shape index (κ3) is 4.04. The van der Waals surface area contributed by atoms with Gasteiger partial charge in [0, 0.05) is 12.8 Å². The maximum atomic E-state index is 7.40. The topological polar surface area (TPSA) is 35.9 Å². The molecule has 2 N–H and O–H groups in total. The van der Waals surface area contributed by atoms with Crippen molar-refractivity contribution in [2.75, 3.05) is 6.54 Å². The number of nitrogens with one attached hydrogen (secondary N) is 2. The van der Waals surface area contributed by atoms with Crippen molar-refractivity contribution in [3.05, 3.63) is 70.8 Å². The Bertz CT molecular complexity index is 561. The van der Waals surface area contributed by atoms with Crippen LogP contribution in [0.25, 0.3) is 0 Å². The maximum absolute atomic E-state index is 7.40. The van der Waals surface area contributed by atoms with Gasteiger partial charge in [-0.25, -0.2) is 0 Å². The molecule has 0 aliphatic carbocycles. The molecular weight excluding hydrogens is 244 g/mol. The van der Waals surface area contributed by atoms with Gasteiger partial charge in [0.25, 0.3) is 0 Å². The van der Waals surface area contributed by atoms with Crippen LogP contribution in [0.5, 0.6) is 0 Å². The SMILES string of the molecule is Cc1ccccc1CNCCCc1ccccc1C=N. The summed E-state index contributed by atoms with van der Waals surface area (Å²) in [4.78, 5) is 0. The van der Waals surface area contributed by atoms with Crippen LogP contribution in [0.3, 0.4) is 0 Å². The molecule has 20 heavy (non-hydrogen) atoms. The Balaban J connectivity index is 1.74. The van der Waals surface area contributed by atoms with Crippen LogP contribution >= 0.6 is 0 Å². The fourth-order valence-electron chi connectivity index (χ4n) is 2.34. The second-order valence-corrected chi connectivity index (χ2v) is 5.05. The van der Waals surface area contributed by atoms with Crippen molar-refractivity contribution in [2.45, 2.75) is 26.3 Å². The highest BCUT2D eigenvalue weighted by molar-refractivity contribution is 5.79. The summed E-state index contributed by atoms with van der Waals surface area (Å²) in [6, 6.07) is 16.6. The Morgan fingerprint density at radius 1 is 1.00 bits per heavy atom. The van der Waals surface area contributed by atoms with Gasteiger partial charge in [0.2, 0.25) is 0 Å². The molecule has 0 aromatic heterocycles. The van der Waals surface area contributed by atoms with Crippen LogP contribution in [0.15, 0.2) is 48.5 Å². The largest absolute Gasteiger partial charge is 0.313 e. The van der Waals surface area contributed by atoms with Crippen molar-refractivity contribution in [2.24, 2.45) is 0 Å². The van der Waals surface area contributed by atoms with Gasteiger partial charge in [-0.15, -0.1) is 0 Å². The molecule has 0 aliphatic heterocycles. The van der Waals surface area contributed by atoms with E-state index in [9.17, 15) is 0 Å². The lowest BCUT2D eigenvalue weighted by Crippen LogP contribution is -2.16. The molecule has 2 nitrogen and oxygen atoms in total. The number of hydrogen-bond donors (Lipinski definition) is 2. The summed E-state index contributed by atoms with van der Waals surface area (Å²) < 4.78 is 0. The number of benzene rings is 2. The number of hydrogen-bond acceptors (Lipinski definition) is 2.